The predicted molar refractivity (Wildman–Crippen MR) is 124 cm³/mol. The van der Waals surface area contributed by atoms with E-state index in [1.807, 2.05) is 68.4 Å². The largest absolute Gasteiger partial charge is 0.372 e. The topological polar surface area (TPSA) is 52.6 Å². The second kappa shape index (κ2) is 7.52. The van der Waals surface area contributed by atoms with Gasteiger partial charge in [-0.25, -0.2) is 0 Å². The van der Waals surface area contributed by atoms with E-state index in [4.69, 9.17) is 0 Å². The second-order valence-electron chi connectivity index (χ2n) is 8.70. The average molecular weight is 431 g/mol. The molecule has 2 aliphatic heterocycles. The molecule has 2 unspecified atom stereocenters. The minimum absolute atomic E-state index is 0.0530. The molecule has 2 heterocycles. The maximum atomic E-state index is 13.2. The lowest BCUT2D eigenvalue weighted by atomic mass is 9.76. The zero-order valence-electron chi connectivity index (χ0n) is 17.6. The fourth-order valence-electron chi connectivity index (χ4n) is 4.76. The zero-order chi connectivity index (χ0) is 21.6. The summed E-state index contributed by atoms with van der Waals surface area (Å²) in [6, 6.07) is 30.4. The third-order valence-corrected chi connectivity index (χ3v) is 7.94. The van der Waals surface area contributed by atoms with E-state index >= 15 is 0 Å². The van der Waals surface area contributed by atoms with Crippen LogP contribution in [0.1, 0.15) is 30.5 Å². The number of hydrogen-bond acceptors (Lipinski definition) is 4. The Morgan fingerprint density at radius 1 is 0.839 bits per heavy atom. The molecule has 0 saturated carbocycles. The molecule has 5 heteroatoms. The quantitative estimate of drug-likeness (QED) is 0.475. The fraction of sp³-hybridized carbons (Fsp3) is 0.269. The summed E-state index contributed by atoms with van der Waals surface area (Å²) in [4.78, 5) is 14.8. The first-order valence-electron chi connectivity index (χ1n) is 10.6. The Bertz CT molecular complexity index is 976. The predicted octanol–water partition coefficient (Wildman–Crippen LogP) is 3.95. The van der Waals surface area contributed by atoms with Crippen LogP contribution < -0.4 is 5.32 Å². The Morgan fingerprint density at radius 3 is 1.68 bits per heavy atom. The van der Waals surface area contributed by atoms with Crippen molar-refractivity contribution in [3.8, 4) is 0 Å². The van der Waals surface area contributed by atoms with Crippen LogP contribution >= 0.6 is 11.8 Å². The zero-order valence-corrected chi connectivity index (χ0v) is 18.4. The summed E-state index contributed by atoms with van der Waals surface area (Å²) in [6.07, 6.45) is -0.771. The minimum atomic E-state index is -0.771. The van der Waals surface area contributed by atoms with Crippen molar-refractivity contribution in [2.45, 2.75) is 41.8 Å². The summed E-state index contributed by atoms with van der Waals surface area (Å²) < 4.78 is -0.397. The number of rotatable bonds is 5. The highest BCUT2D eigenvalue weighted by atomic mass is 32.2. The van der Waals surface area contributed by atoms with Crippen LogP contribution in [0, 0.1) is 0 Å². The lowest BCUT2D eigenvalue weighted by Gasteiger charge is -2.49. The third kappa shape index (κ3) is 3.11. The number of aliphatic hydroxyl groups is 1. The van der Waals surface area contributed by atoms with Gasteiger partial charge in [0.05, 0.1) is 10.3 Å². The Kier molecular flexibility index (Phi) is 4.93. The maximum Gasteiger partial charge on any atom is 0.245 e. The Morgan fingerprint density at radius 2 is 1.26 bits per heavy atom. The minimum Gasteiger partial charge on any atom is -0.372 e. The van der Waals surface area contributed by atoms with Gasteiger partial charge in [-0.15, -0.1) is 11.8 Å². The molecule has 1 amide bonds. The monoisotopic (exact) mass is 430 g/mol. The van der Waals surface area contributed by atoms with Crippen molar-refractivity contribution in [1.82, 2.24) is 10.2 Å². The van der Waals surface area contributed by atoms with Crippen molar-refractivity contribution in [1.29, 1.82) is 0 Å². The standard InChI is InChI=1S/C26H26N2O2S/c1-25(2)24(30)28-22(29)21(23(28)31-25)27-26(18-12-6-3-7-13-18,19-14-8-4-9-15-19)20-16-10-5-11-17-20/h3-17,21,23-24,27,30H,1-2H3/t21?,23-,24?/m0/s1. The molecule has 31 heavy (non-hydrogen) atoms. The van der Waals surface area contributed by atoms with Gasteiger partial charge >= 0.3 is 0 Å². The molecule has 158 valence electrons. The van der Waals surface area contributed by atoms with Gasteiger partial charge in [0.1, 0.15) is 17.6 Å². The van der Waals surface area contributed by atoms with E-state index in [2.05, 4.69) is 41.7 Å². The first-order valence-corrected chi connectivity index (χ1v) is 11.5. The maximum absolute atomic E-state index is 13.2. The van der Waals surface area contributed by atoms with E-state index in [0.717, 1.165) is 16.7 Å². The van der Waals surface area contributed by atoms with Gasteiger partial charge in [-0.1, -0.05) is 91.0 Å². The average Bonchev–Trinajstić information content (AvgIpc) is 3.02. The van der Waals surface area contributed by atoms with Gasteiger partial charge < -0.3 is 10.0 Å². The number of hydrogen-bond donors (Lipinski definition) is 2. The summed E-state index contributed by atoms with van der Waals surface area (Å²) in [7, 11) is 0. The molecule has 2 saturated heterocycles. The van der Waals surface area contributed by atoms with Crippen LogP contribution in [0.4, 0.5) is 0 Å². The van der Waals surface area contributed by atoms with E-state index in [0.29, 0.717) is 0 Å². The number of fused-ring (bicyclic) bond motifs is 1. The van der Waals surface area contributed by atoms with Crippen molar-refractivity contribution < 1.29 is 9.90 Å². The van der Waals surface area contributed by atoms with Crippen molar-refractivity contribution in [3.63, 3.8) is 0 Å². The molecule has 0 aliphatic carbocycles. The van der Waals surface area contributed by atoms with Crippen LogP contribution in [-0.4, -0.2) is 38.3 Å². The molecule has 0 aromatic heterocycles. The van der Waals surface area contributed by atoms with Gasteiger partial charge in [0.2, 0.25) is 5.91 Å². The Hall–Kier alpha value is -2.60. The van der Waals surface area contributed by atoms with Crippen LogP contribution in [0.3, 0.4) is 0 Å². The van der Waals surface area contributed by atoms with Crippen molar-refractivity contribution in [2.24, 2.45) is 0 Å². The molecule has 0 radical (unpaired) electrons. The molecule has 2 fully saturated rings. The first-order chi connectivity index (χ1) is 14.9. The first kappa shape index (κ1) is 20.3. The molecular weight excluding hydrogens is 404 g/mol. The van der Waals surface area contributed by atoms with E-state index in [-0.39, 0.29) is 11.3 Å². The molecule has 3 aromatic rings. The van der Waals surface area contributed by atoms with Gasteiger partial charge in [0, 0.05) is 0 Å². The number of aliphatic hydroxyl groups excluding tert-OH is 1. The Labute approximate surface area is 187 Å². The Balaban J connectivity index is 1.66. The number of amides is 1. The van der Waals surface area contributed by atoms with Crippen LogP contribution in [0.2, 0.25) is 0 Å². The third-order valence-electron chi connectivity index (χ3n) is 6.38. The molecule has 3 aromatic carbocycles. The molecule has 0 bridgehead atoms. The van der Waals surface area contributed by atoms with Crippen molar-refractivity contribution >= 4 is 17.7 Å². The number of nitrogens with one attached hydrogen (secondary N) is 1. The van der Waals surface area contributed by atoms with E-state index in [1.54, 1.807) is 16.7 Å². The van der Waals surface area contributed by atoms with Gasteiger partial charge in [0.15, 0.2) is 0 Å². The molecule has 4 nitrogen and oxygen atoms in total. The van der Waals surface area contributed by atoms with Crippen molar-refractivity contribution in [3.05, 3.63) is 108 Å². The van der Waals surface area contributed by atoms with E-state index in [9.17, 15) is 9.90 Å². The lowest BCUT2D eigenvalue weighted by Crippen LogP contribution is -2.71. The van der Waals surface area contributed by atoms with Crippen LogP contribution in [0.25, 0.3) is 0 Å². The van der Waals surface area contributed by atoms with Gasteiger partial charge in [-0.3, -0.25) is 10.1 Å². The molecule has 2 N–H and O–H groups in total. The number of nitrogens with zero attached hydrogens (tertiary/aromatic N) is 1. The fourth-order valence-corrected chi connectivity index (χ4v) is 6.27. The van der Waals surface area contributed by atoms with E-state index in [1.165, 1.54) is 0 Å². The number of carbonyl (C=O) groups excluding carboxylic acids is 1. The van der Waals surface area contributed by atoms with Crippen molar-refractivity contribution in [2.75, 3.05) is 0 Å². The number of thioether (sulfide) groups is 1. The van der Waals surface area contributed by atoms with Gasteiger partial charge in [0.25, 0.3) is 0 Å². The summed E-state index contributed by atoms with van der Waals surface area (Å²) in [5, 5.41) is 14.3. The highest BCUT2D eigenvalue weighted by Gasteiger charge is 2.62. The highest BCUT2D eigenvalue weighted by Crippen LogP contribution is 2.51. The molecule has 3 atom stereocenters. The van der Waals surface area contributed by atoms with Gasteiger partial charge in [-0.05, 0) is 30.5 Å². The smallest absolute Gasteiger partial charge is 0.245 e. The molecule has 2 aliphatic rings. The summed E-state index contributed by atoms with van der Waals surface area (Å²) in [5.41, 5.74) is 2.51. The van der Waals surface area contributed by atoms with Crippen LogP contribution in [0.15, 0.2) is 91.0 Å². The molecular formula is C26H26N2O2S. The van der Waals surface area contributed by atoms with Gasteiger partial charge in [-0.2, -0.15) is 0 Å². The number of benzene rings is 3. The lowest BCUT2D eigenvalue weighted by molar-refractivity contribution is -0.161. The summed E-state index contributed by atoms with van der Waals surface area (Å²) in [6.45, 7) is 3.98. The summed E-state index contributed by atoms with van der Waals surface area (Å²) >= 11 is 1.66. The highest BCUT2D eigenvalue weighted by molar-refractivity contribution is 8.01. The normalized spacial score (nSPS) is 24.5. The molecule has 5 rings (SSSR count). The molecule has 0 spiro atoms. The van der Waals surface area contributed by atoms with Crippen LogP contribution in [0.5, 0.6) is 0 Å². The number of β-lactam (4-membered cyclic amide) rings is 1. The number of carbonyl (C=O) groups is 1. The summed E-state index contributed by atoms with van der Waals surface area (Å²) in [5.74, 6) is -0.0530. The van der Waals surface area contributed by atoms with Crippen LogP contribution in [-0.2, 0) is 10.3 Å². The second-order valence-corrected chi connectivity index (χ2v) is 10.5. The van der Waals surface area contributed by atoms with E-state index < -0.39 is 22.6 Å². The SMILES string of the molecule is CC1(C)S[C@H]2C(NC(c3ccccc3)(c3ccccc3)c3ccccc3)C(=O)N2C1O.